The van der Waals surface area contributed by atoms with E-state index in [1.807, 2.05) is 0 Å². The van der Waals surface area contributed by atoms with Gasteiger partial charge in [-0.05, 0) is 173 Å². The number of para-hydroxylation sites is 4. The van der Waals surface area contributed by atoms with Crippen LogP contribution in [0.3, 0.4) is 0 Å². The minimum atomic E-state index is -2.43. The number of fused-ring (bicyclic) bond motifs is 10. The molecule has 4 aliphatic heterocycles. The maximum atomic E-state index is 2.68. The van der Waals surface area contributed by atoms with Crippen molar-refractivity contribution in [1.29, 1.82) is 0 Å². The van der Waals surface area contributed by atoms with Crippen LogP contribution < -0.4 is 30.5 Å². The Morgan fingerprint density at radius 1 is 0.242 bits per heavy atom. The Bertz CT molecular complexity index is 3190. The number of hydrogen-bond acceptors (Lipinski definition) is 2. The van der Waals surface area contributed by atoms with Gasteiger partial charge in [0.05, 0.1) is 0 Å². The quantitative estimate of drug-likeness (QED) is 0.154. The van der Waals surface area contributed by atoms with Gasteiger partial charge >= 0.3 is 0 Å². The predicted molar refractivity (Wildman–Crippen MR) is 282 cm³/mol. The van der Waals surface area contributed by atoms with Crippen molar-refractivity contribution in [3.63, 3.8) is 0 Å². The van der Waals surface area contributed by atoms with Crippen molar-refractivity contribution >= 4 is 81.8 Å². The lowest BCUT2D eigenvalue weighted by molar-refractivity contribution is 1.28. The minimum absolute atomic E-state index is 1.12. The molecule has 4 heteroatoms. The Balaban J connectivity index is 1.03. The van der Waals surface area contributed by atoms with Crippen molar-refractivity contribution in [1.82, 2.24) is 0 Å². The van der Waals surface area contributed by atoms with Gasteiger partial charge in [0.2, 0.25) is 0 Å². The van der Waals surface area contributed by atoms with E-state index in [1.54, 1.807) is 31.5 Å². The second kappa shape index (κ2) is 14.5. The maximum absolute atomic E-state index is 2.68. The van der Waals surface area contributed by atoms with Gasteiger partial charge in [-0.1, -0.05) is 158 Å². The highest BCUT2D eigenvalue weighted by Crippen LogP contribution is 2.47. The Kier molecular flexibility index (Phi) is 8.31. The van der Waals surface area contributed by atoms with E-state index >= 15 is 0 Å². The molecule has 0 bridgehead atoms. The molecular formula is C62H46N2Si2. The summed E-state index contributed by atoms with van der Waals surface area (Å²) in [5.74, 6) is 0. The fraction of sp³-hybridized carbons (Fsp3) is 0.0645. The van der Waals surface area contributed by atoms with Crippen LogP contribution in [0.25, 0.3) is 33.0 Å². The molecule has 0 amide bonds. The molecule has 312 valence electrons. The van der Waals surface area contributed by atoms with Crippen LogP contribution in [0.4, 0.5) is 34.1 Å². The summed E-state index contributed by atoms with van der Waals surface area (Å²) in [5.41, 5.74) is 19.0. The first-order valence-corrected chi connectivity index (χ1v) is 28.3. The molecule has 2 nitrogen and oxygen atoms in total. The zero-order valence-electron chi connectivity index (χ0n) is 36.7. The third-order valence-corrected chi connectivity index (χ3v) is 25.3. The smallest absolute Gasteiger partial charge is 0.128 e. The summed E-state index contributed by atoms with van der Waals surface area (Å²) in [4.78, 5) is 4.91. The second-order valence-electron chi connectivity index (χ2n) is 19.0. The SMILES string of the molecule is c1ccc(N(c2ccccc2)c2ccc3c(c2)[Si]2(Cc4ccccc4C2)c2ccc4c5c(ccc-3c25)-c2ccc(N(c3ccccc3)c3ccccc3)cc2[Si]42Cc3ccccc3C2)cc1. The molecule has 0 aliphatic carbocycles. The van der Waals surface area contributed by atoms with Crippen LogP contribution in [0.15, 0.2) is 231 Å². The van der Waals surface area contributed by atoms with Crippen molar-refractivity contribution < 1.29 is 0 Å². The molecule has 4 aliphatic rings. The highest BCUT2D eigenvalue weighted by molar-refractivity contribution is 7.07. The van der Waals surface area contributed by atoms with Gasteiger partial charge in [-0.2, -0.15) is 0 Å². The van der Waals surface area contributed by atoms with Gasteiger partial charge in [0.25, 0.3) is 0 Å². The summed E-state index contributed by atoms with van der Waals surface area (Å²) in [5, 5.41) is 9.49. The van der Waals surface area contributed by atoms with E-state index in [1.165, 1.54) is 78.6 Å². The van der Waals surface area contributed by atoms with Gasteiger partial charge in [0.1, 0.15) is 16.1 Å². The maximum Gasteiger partial charge on any atom is 0.128 e. The Morgan fingerprint density at radius 2 is 0.530 bits per heavy atom. The Hall–Kier alpha value is -7.51. The highest BCUT2D eigenvalue weighted by atomic mass is 28.3. The molecule has 0 unspecified atom stereocenters. The summed E-state index contributed by atoms with van der Waals surface area (Å²) < 4.78 is 0. The van der Waals surface area contributed by atoms with Crippen LogP contribution in [0.5, 0.6) is 0 Å². The summed E-state index contributed by atoms with van der Waals surface area (Å²) in [6, 6.07) is 92.2. The molecule has 14 rings (SSSR count). The van der Waals surface area contributed by atoms with Crippen LogP contribution in [-0.4, -0.2) is 16.1 Å². The lowest BCUT2D eigenvalue weighted by Gasteiger charge is -2.42. The van der Waals surface area contributed by atoms with E-state index in [0.717, 1.165) is 24.2 Å². The fourth-order valence-electron chi connectivity index (χ4n) is 12.8. The van der Waals surface area contributed by atoms with E-state index in [0.29, 0.717) is 0 Å². The summed E-state index contributed by atoms with van der Waals surface area (Å²) >= 11 is 0. The van der Waals surface area contributed by atoms with Gasteiger partial charge in [0, 0.05) is 34.1 Å². The lowest BCUT2D eigenvalue weighted by atomic mass is 9.90. The number of benzene rings is 10. The molecule has 10 aromatic rings. The first kappa shape index (κ1) is 37.8. The molecule has 4 heterocycles. The Morgan fingerprint density at radius 3 is 0.848 bits per heavy atom. The molecule has 0 N–H and O–H groups in total. The number of hydrogen-bond donors (Lipinski definition) is 0. The molecule has 0 saturated carbocycles. The second-order valence-corrected chi connectivity index (χ2v) is 26.9. The average Bonchev–Trinajstić information content (AvgIpc) is 3.97. The normalized spacial score (nSPS) is 15.0. The van der Waals surface area contributed by atoms with Crippen molar-refractivity contribution in [3.05, 3.63) is 253 Å². The summed E-state index contributed by atoms with van der Waals surface area (Å²) in [6.07, 6.45) is 0. The lowest BCUT2D eigenvalue weighted by Crippen LogP contribution is -2.65. The average molecular weight is 875 g/mol. The summed E-state index contributed by atoms with van der Waals surface area (Å²) in [7, 11) is -4.86. The largest absolute Gasteiger partial charge is 0.311 e. The first-order valence-electron chi connectivity index (χ1n) is 23.5. The molecule has 2 spiro atoms. The first-order chi connectivity index (χ1) is 32.7. The van der Waals surface area contributed by atoms with E-state index in [-0.39, 0.29) is 0 Å². The Labute approximate surface area is 388 Å². The van der Waals surface area contributed by atoms with Crippen LogP contribution in [-0.2, 0) is 24.2 Å². The highest BCUT2D eigenvalue weighted by Gasteiger charge is 2.52. The monoisotopic (exact) mass is 874 g/mol. The number of anilines is 6. The number of nitrogens with zero attached hydrogens (tertiary/aromatic N) is 2. The third kappa shape index (κ3) is 5.46. The van der Waals surface area contributed by atoms with Crippen molar-refractivity contribution in [2.24, 2.45) is 0 Å². The zero-order chi connectivity index (χ0) is 43.4. The van der Waals surface area contributed by atoms with Gasteiger partial charge in [-0.25, -0.2) is 0 Å². The van der Waals surface area contributed by atoms with Crippen molar-refractivity contribution in [2.75, 3.05) is 9.80 Å². The van der Waals surface area contributed by atoms with E-state index in [9.17, 15) is 0 Å². The molecule has 66 heavy (non-hydrogen) atoms. The third-order valence-electron chi connectivity index (χ3n) is 15.6. The van der Waals surface area contributed by atoms with Crippen LogP contribution >= 0.6 is 0 Å². The van der Waals surface area contributed by atoms with Crippen LogP contribution in [0.2, 0.25) is 0 Å². The van der Waals surface area contributed by atoms with E-state index < -0.39 is 16.1 Å². The molecule has 0 aromatic heterocycles. The molecular weight excluding hydrogens is 829 g/mol. The molecule has 0 radical (unpaired) electrons. The standard InChI is InChI=1S/C62H46N2Si2/c1-5-21-47(22-6-1)63(48-23-7-2-8-24-48)51-29-31-53-55-33-34-56-54-32-30-52(64(49-25-9-3-10-26-49)50-27-11-4-12-28-50)38-60(54)66(41-45-19-15-16-20-46(45)42-66)58-36-35-57(61(55)62(56)58)65(59(53)37-51)39-43-17-13-14-18-44(43)40-65/h1-38H,39-42H2. The molecule has 0 saturated heterocycles. The van der Waals surface area contributed by atoms with Crippen LogP contribution in [0.1, 0.15) is 22.3 Å². The summed E-state index contributed by atoms with van der Waals surface area (Å²) in [6.45, 7) is 0. The van der Waals surface area contributed by atoms with Crippen molar-refractivity contribution in [3.8, 4) is 22.3 Å². The minimum Gasteiger partial charge on any atom is -0.311 e. The fourth-order valence-corrected chi connectivity index (χ4v) is 23.8. The topological polar surface area (TPSA) is 6.48 Å². The number of rotatable bonds is 6. The van der Waals surface area contributed by atoms with E-state index in [4.69, 9.17) is 0 Å². The van der Waals surface area contributed by atoms with Gasteiger partial charge in [-0.15, -0.1) is 0 Å². The van der Waals surface area contributed by atoms with Crippen LogP contribution in [0, 0.1) is 0 Å². The molecule has 0 atom stereocenters. The van der Waals surface area contributed by atoms with Gasteiger partial charge in [0.15, 0.2) is 0 Å². The van der Waals surface area contributed by atoms with Gasteiger partial charge < -0.3 is 9.80 Å². The molecule has 0 fully saturated rings. The zero-order valence-corrected chi connectivity index (χ0v) is 38.7. The van der Waals surface area contributed by atoms with Gasteiger partial charge in [-0.3, -0.25) is 0 Å². The predicted octanol–water partition coefficient (Wildman–Crippen LogP) is 12.6. The molecule has 10 aromatic carbocycles. The van der Waals surface area contributed by atoms with E-state index in [2.05, 4.69) is 240 Å². The van der Waals surface area contributed by atoms with Crippen molar-refractivity contribution in [2.45, 2.75) is 24.2 Å².